The van der Waals surface area contributed by atoms with Gasteiger partial charge >= 0.3 is 0 Å². The van der Waals surface area contributed by atoms with E-state index in [0.29, 0.717) is 16.7 Å². The van der Waals surface area contributed by atoms with Gasteiger partial charge in [0.15, 0.2) is 0 Å². The molecule has 134 valence electrons. The molecule has 0 aliphatic carbocycles. The highest BCUT2D eigenvalue weighted by Crippen LogP contribution is 2.25. The first kappa shape index (κ1) is 18.1. The Bertz CT molecular complexity index is 787. The van der Waals surface area contributed by atoms with Crippen molar-refractivity contribution in [2.45, 2.75) is 13.0 Å². The number of hydrogen-bond acceptors (Lipinski definition) is 5. The molecule has 1 fully saturated rings. The van der Waals surface area contributed by atoms with E-state index in [1.54, 1.807) is 13.2 Å². The van der Waals surface area contributed by atoms with Gasteiger partial charge in [0.05, 0.1) is 31.1 Å². The van der Waals surface area contributed by atoms with Gasteiger partial charge in [0, 0.05) is 26.7 Å². The van der Waals surface area contributed by atoms with Crippen LogP contribution in [0.5, 0.6) is 0 Å². The van der Waals surface area contributed by atoms with Gasteiger partial charge in [-0.2, -0.15) is 5.10 Å². The molecule has 0 spiro atoms. The highest BCUT2D eigenvalue weighted by atomic mass is 79.9. The molecule has 3 rings (SSSR count). The second-order valence-electron chi connectivity index (χ2n) is 6.26. The Morgan fingerprint density at radius 1 is 1.36 bits per heavy atom. The number of nitrogens with zero attached hydrogens (tertiary/aromatic N) is 3. The van der Waals surface area contributed by atoms with Crippen molar-refractivity contribution in [3.63, 3.8) is 0 Å². The van der Waals surface area contributed by atoms with Gasteiger partial charge < -0.3 is 10.1 Å². The summed E-state index contributed by atoms with van der Waals surface area (Å²) in [5.41, 5.74) is 3.08. The molecule has 0 bridgehead atoms. The Kier molecular flexibility index (Phi) is 5.88. The Labute approximate surface area is 155 Å². The van der Waals surface area contributed by atoms with E-state index in [9.17, 15) is 4.79 Å². The smallest absolute Gasteiger partial charge is 0.282 e. The van der Waals surface area contributed by atoms with Gasteiger partial charge in [0.1, 0.15) is 4.47 Å². The number of nitrogens with one attached hydrogen (secondary N) is 1. The summed E-state index contributed by atoms with van der Waals surface area (Å²) in [6, 6.07) is 8.79. The normalized spacial score (nSPS) is 16.6. The standard InChI is InChI=1S/C18H23BrN4O2/c1-13-4-3-5-14(10-13)16(23-6-8-25-9-7-23)12-20-15-11-21-22(2)18(24)17(15)19/h3-5,10-11,16,20H,6-9,12H2,1-2H3. The second kappa shape index (κ2) is 8.12. The van der Waals surface area contributed by atoms with E-state index >= 15 is 0 Å². The molecule has 1 aliphatic heterocycles. The lowest BCUT2D eigenvalue weighted by Gasteiger charge is -2.35. The molecule has 0 amide bonds. The number of halogens is 1. The van der Waals surface area contributed by atoms with E-state index in [0.717, 1.165) is 26.3 Å². The maximum atomic E-state index is 12.0. The minimum absolute atomic E-state index is 0.150. The summed E-state index contributed by atoms with van der Waals surface area (Å²) in [6.45, 7) is 6.09. The third kappa shape index (κ3) is 4.29. The summed E-state index contributed by atoms with van der Waals surface area (Å²) in [7, 11) is 1.64. The fourth-order valence-corrected chi connectivity index (χ4v) is 3.56. The Balaban J connectivity index is 1.82. The molecule has 2 heterocycles. The van der Waals surface area contributed by atoms with Crippen molar-refractivity contribution < 1.29 is 4.74 Å². The minimum atomic E-state index is -0.150. The average molecular weight is 407 g/mol. The molecule has 2 aromatic rings. The van der Waals surface area contributed by atoms with Gasteiger partial charge in [-0.3, -0.25) is 9.69 Å². The first-order valence-electron chi connectivity index (χ1n) is 8.40. The predicted molar refractivity (Wildman–Crippen MR) is 102 cm³/mol. The lowest BCUT2D eigenvalue weighted by Crippen LogP contribution is -2.41. The minimum Gasteiger partial charge on any atom is -0.381 e. The van der Waals surface area contributed by atoms with Crippen LogP contribution >= 0.6 is 15.9 Å². The third-order valence-corrected chi connectivity index (χ3v) is 5.24. The van der Waals surface area contributed by atoms with Crippen LogP contribution in [-0.2, 0) is 11.8 Å². The summed E-state index contributed by atoms with van der Waals surface area (Å²) in [5, 5.41) is 7.49. The van der Waals surface area contributed by atoms with Crippen molar-refractivity contribution in [1.82, 2.24) is 14.7 Å². The molecule has 0 saturated carbocycles. The van der Waals surface area contributed by atoms with Gasteiger partial charge in [-0.15, -0.1) is 0 Å². The summed E-state index contributed by atoms with van der Waals surface area (Å²) in [5.74, 6) is 0. The number of aromatic nitrogens is 2. The molecule has 1 atom stereocenters. The quantitative estimate of drug-likeness (QED) is 0.825. The van der Waals surface area contributed by atoms with Crippen molar-refractivity contribution in [2.75, 3.05) is 38.2 Å². The molecule has 7 heteroatoms. The Hall–Kier alpha value is -1.70. The number of morpholine rings is 1. The van der Waals surface area contributed by atoms with Crippen LogP contribution < -0.4 is 10.9 Å². The van der Waals surface area contributed by atoms with Crippen LogP contribution in [-0.4, -0.2) is 47.5 Å². The fourth-order valence-electron chi connectivity index (χ4n) is 3.06. The zero-order valence-corrected chi connectivity index (χ0v) is 16.1. The van der Waals surface area contributed by atoms with Crippen molar-refractivity contribution >= 4 is 21.6 Å². The fraction of sp³-hybridized carbons (Fsp3) is 0.444. The summed E-state index contributed by atoms with van der Waals surface area (Å²) in [6.07, 6.45) is 1.68. The van der Waals surface area contributed by atoms with E-state index in [4.69, 9.17) is 4.74 Å². The molecule has 1 aliphatic rings. The van der Waals surface area contributed by atoms with Gasteiger partial charge in [0.2, 0.25) is 0 Å². The van der Waals surface area contributed by atoms with Crippen molar-refractivity contribution in [3.8, 4) is 0 Å². The van der Waals surface area contributed by atoms with Crippen LogP contribution in [0, 0.1) is 6.92 Å². The molecule has 1 aromatic heterocycles. The Morgan fingerprint density at radius 3 is 2.84 bits per heavy atom. The molecule has 6 nitrogen and oxygen atoms in total. The highest BCUT2D eigenvalue weighted by molar-refractivity contribution is 9.10. The maximum absolute atomic E-state index is 12.0. The topological polar surface area (TPSA) is 59.4 Å². The van der Waals surface area contributed by atoms with Crippen LogP contribution in [0.25, 0.3) is 0 Å². The van der Waals surface area contributed by atoms with Crippen LogP contribution in [0.4, 0.5) is 5.69 Å². The largest absolute Gasteiger partial charge is 0.381 e. The molecule has 1 saturated heterocycles. The predicted octanol–water partition coefficient (Wildman–Crippen LogP) is 2.34. The van der Waals surface area contributed by atoms with Gasteiger partial charge in [-0.05, 0) is 28.4 Å². The number of anilines is 1. The van der Waals surface area contributed by atoms with Crippen LogP contribution in [0.2, 0.25) is 0 Å². The number of aryl methyl sites for hydroxylation is 2. The molecular weight excluding hydrogens is 384 g/mol. The Morgan fingerprint density at radius 2 is 2.12 bits per heavy atom. The first-order valence-corrected chi connectivity index (χ1v) is 9.19. The summed E-state index contributed by atoms with van der Waals surface area (Å²) < 4.78 is 7.32. The van der Waals surface area contributed by atoms with E-state index in [2.05, 4.69) is 62.4 Å². The van der Waals surface area contributed by atoms with Crippen LogP contribution in [0.1, 0.15) is 17.2 Å². The molecular formula is C18H23BrN4O2. The number of hydrogen-bond donors (Lipinski definition) is 1. The SMILES string of the molecule is Cc1cccc(C(CNc2cnn(C)c(=O)c2Br)N2CCOCC2)c1. The van der Waals surface area contributed by atoms with Crippen LogP contribution in [0.3, 0.4) is 0 Å². The molecule has 0 radical (unpaired) electrons. The van der Waals surface area contributed by atoms with Crippen molar-refractivity contribution in [1.29, 1.82) is 0 Å². The van der Waals surface area contributed by atoms with Gasteiger partial charge in [-0.1, -0.05) is 29.8 Å². The van der Waals surface area contributed by atoms with E-state index in [1.165, 1.54) is 15.8 Å². The monoisotopic (exact) mass is 406 g/mol. The number of benzene rings is 1. The molecule has 1 N–H and O–H groups in total. The zero-order valence-electron chi connectivity index (χ0n) is 14.5. The van der Waals surface area contributed by atoms with E-state index < -0.39 is 0 Å². The maximum Gasteiger partial charge on any atom is 0.282 e. The number of rotatable bonds is 5. The lowest BCUT2D eigenvalue weighted by atomic mass is 10.0. The van der Waals surface area contributed by atoms with E-state index in [-0.39, 0.29) is 11.6 Å². The van der Waals surface area contributed by atoms with Crippen LogP contribution in [0.15, 0.2) is 39.7 Å². The zero-order chi connectivity index (χ0) is 17.8. The van der Waals surface area contributed by atoms with Crippen molar-refractivity contribution in [2.24, 2.45) is 7.05 Å². The third-order valence-electron chi connectivity index (χ3n) is 4.48. The van der Waals surface area contributed by atoms with Crippen molar-refractivity contribution in [3.05, 3.63) is 56.4 Å². The van der Waals surface area contributed by atoms with Gasteiger partial charge in [-0.25, -0.2) is 4.68 Å². The lowest BCUT2D eigenvalue weighted by molar-refractivity contribution is 0.0187. The summed E-state index contributed by atoms with van der Waals surface area (Å²) >= 11 is 3.38. The van der Waals surface area contributed by atoms with E-state index in [1.807, 2.05) is 0 Å². The molecule has 25 heavy (non-hydrogen) atoms. The average Bonchev–Trinajstić information content (AvgIpc) is 2.63. The molecule has 1 unspecified atom stereocenters. The number of ether oxygens (including phenoxy) is 1. The highest BCUT2D eigenvalue weighted by Gasteiger charge is 2.23. The molecule has 1 aromatic carbocycles. The first-order chi connectivity index (χ1) is 12.1. The second-order valence-corrected chi connectivity index (χ2v) is 7.05. The van der Waals surface area contributed by atoms with Gasteiger partial charge in [0.25, 0.3) is 5.56 Å². The summed E-state index contributed by atoms with van der Waals surface area (Å²) in [4.78, 5) is 14.5.